The van der Waals surface area contributed by atoms with Gasteiger partial charge in [-0.15, -0.1) is 11.8 Å². The van der Waals surface area contributed by atoms with Crippen LogP contribution in [-0.2, 0) is 9.59 Å². The summed E-state index contributed by atoms with van der Waals surface area (Å²) >= 11 is 7.47. The van der Waals surface area contributed by atoms with Crippen LogP contribution in [0.4, 0.5) is 11.4 Å². The molecule has 0 atom stereocenters. The molecule has 220 valence electrons. The molecule has 0 aliphatic rings. The van der Waals surface area contributed by atoms with Crippen LogP contribution in [0.5, 0.6) is 11.5 Å². The standard InChI is InChI=1S/C33H30ClN3O5S/c1-21-16-27(30(42-3)19-26(21)34)36-31(38)20-43-25-14-9-13-24(18-25)35-33(40)28(17-23-12-7-8-15-29(23)41-2)37-32(39)22-10-5-4-6-11-22/h4-19H,20H2,1-3H3,(H,35,40)(H,36,38)(H,37,39)/b28-17+. The number of hydrogen-bond acceptors (Lipinski definition) is 6. The Hall–Kier alpha value is -4.73. The van der Waals surface area contributed by atoms with E-state index in [9.17, 15) is 14.4 Å². The molecule has 0 aliphatic heterocycles. The highest BCUT2D eigenvalue weighted by atomic mass is 35.5. The number of benzene rings is 4. The number of amides is 3. The molecule has 0 saturated heterocycles. The highest BCUT2D eigenvalue weighted by Crippen LogP contribution is 2.31. The minimum absolute atomic E-state index is 0.0305. The fourth-order valence-electron chi connectivity index (χ4n) is 4.01. The summed E-state index contributed by atoms with van der Waals surface area (Å²) in [5, 5.41) is 8.97. The van der Waals surface area contributed by atoms with Gasteiger partial charge in [0.25, 0.3) is 11.8 Å². The Morgan fingerprint density at radius 1 is 0.837 bits per heavy atom. The molecule has 0 radical (unpaired) electrons. The molecule has 0 heterocycles. The Morgan fingerprint density at radius 3 is 2.30 bits per heavy atom. The third-order valence-electron chi connectivity index (χ3n) is 6.18. The van der Waals surface area contributed by atoms with Crippen LogP contribution in [0.15, 0.2) is 102 Å². The lowest BCUT2D eigenvalue weighted by Gasteiger charge is -2.13. The molecule has 0 unspecified atom stereocenters. The summed E-state index contributed by atoms with van der Waals surface area (Å²) in [7, 11) is 3.04. The number of ether oxygens (including phenoxy) is 2. The van der Waals surface area contributed by atoms with E-state index in [1.165, 1.54) is 26.0 Å². The molecular weight excluding hydrogens is 586 g/mol. The van der Waals surface area contributed by atoms with Crippen LogP contribution < -0.4 is 25.4 Å². The molecule has 0 bridgehead atoms. The van der Waals surface area contributed by atoms with Crippen molar-refractivity contribution in [2.75, 3.05) is 30.6 Å². The van der Waals surface area contributed by atoms with Gasteiger partial charge in [-0.25, -0.2) is 0 Å². The van der Waals surface area contributed by atoms with Crippen molar-refractivity contribution < 1.29 is 23.9 Å². The highest BCUT2D eigenvalue weighted by molar-refractivity contribution is 8.00. The van der Waals surface area contributed by atoms with Crippen molar-refractivity contribution in [2.45, 2.75) is 11.8 Å². The average Bonchev–Trinajstić information content (AvgIpc) is 3.02. The van der Waals surface area contributed by atoms with E-state index in [-0.39, 0.29) is 17.4 Å². The number of thioether (sulfide) groups is 1. The third-order valence-corrected chi connectivity index (χ3v) is 7.59. The predicted molar refractivity (Wildman–Crippen MR) is 172 cm³/mol. The lowest BCUT2D eigenvalue weighted by Crippen LogP contribution is -2.30. The summed E-state index contributed by atoms with van der Waals surface area (Å²) < 4.78 is 10.8. The van der Waals surface area contributed by atoms with Crippen LogP contribution in [0.2, 0.25) is 5.02 Å². The number of carbonyl (C=O) groups excluding carboxylic acids is 3. The Morgan fingerprint density at radius 2 is 1.56 bits per heavy atom. The minimum atomic E-state index is -0.528. The molecule has 10 heteroatoms. The summed E-state index contributed by atoms with van der Waals surface area (Å²) in [5.74, 6) is -0.0566. The Kier molecular flexibility index (Phi) is 10.9. The van der Waals surface area contributed by atoms with E-state index in [2.05, 4.69) is 16.0 Å². The van der Waals surface area contributed by atoms with Crippen molar-refractivity contribution in [2.24, 2.45) is 0 Å². The number of aryl methyl sites for hydroxylation is 1. The van der Waals surface area contributed by atoms with Crippen molar-refractivity contribution in [3.8, 4) is 11.5 Å². The van der Waals surface area contributed by atoms with E-state index in [0.717, 1.165) is 10.5 Å². The second-order valence-corrected chi connectivity index (χ2v) is 10.7. The van der Waals surface area contributed by atoms with Crippen LogP contribution >= 0.6 is 23.4 Å². The van der Waals surface area contributed by atoms with Gasteiger partial charge < -0.3 is 25.4 Å². The Bertz CT molecular complexity index is 1660. The van der Waals surface area contributed by atoms with Gasteiger partial charge in [-0.3, -0.25) is 14.4 Å². The fourth-order valence-corrected chi connectivity index (χ4v) is 4.92. The van der Waals surface area contributed by atoms with Crippen LogP contribution in [0.1, 0.15) is 21.5 Å². The van der Waals surface area contributed by atoms with Crippen LogP contribution in [-0.4, -0.2) is 37.7 Å². The van der Waals surface area contributed by atoms with Crippen molar-refractivity contribution in [3.63, 3.8) is 0 Å². The maximum Gasteiger partial charge on any atom is 0.272 e. The van der Waals surface area contributed by atoms with Gasteiger partial charge in [0.15, 0.2) is 0 Å². The maximum absolute atomic E-state index is 13.4. The zero-order chi connectivity index (χ0) is 30.8. The van der Waals surface area contributed by atoms with Crippen molar-refractivity contribution in [1.29, 1.82) is 0 Å². The van der Waals surface area contributed by atoms with Gasteiger partial charge in [-0.05, 0) is 61.0 Å². The first kappa shape index (κ1) is 31.2. The molecule has 4 aromatic carbocycles. The zero-order valence-electron chi connectivity index (χ0n) is 23.8. The van der Waals surface area contributed by atoms with Crippen molar-refractivity contribution in [1.82, 2.24) is 5.32 Å². The molecular formula is C33H30ClN3O5S. The van der Waals surface area contributed by atoms with Crippen molar-refractivity contribution >= 4 is 58.5 Å². The fraction of sp³-hybridized carbons (Fsp3) is 0.121. The SMILES string of the molecule is COc1ccccc1/C=C(/NC(=O)c1ccccc1)C(=O)Nc1cccc(SCC(=O)Nc2cc(C)c(Cl)cc2OC)c1. The molecule has 4 aromatic rings. The summed E-state index contributed by atoms with van der Waals surface area (Å²) in [4.78, 5) is 39.9. The summed E-state index contributed by atoms with van der Waals surface area (Å²) in [5.41, 5.74) is 2.89. The number of rotatable bonds is 11. The van der Waals surface area contributed by atoms with Gasteiger partial charge in [0.1, 0.15) is 17.2 Å². The number of halogens is 1. The van der Waals surface area contributed by atoms with Gasteiger partial charge in [0.05, 0.1) is 25.7 Å². The van der Waals surface area contributed by atoms with E-state index < -0.39 is 11.8 Å². The van der Waals surface area contributed by atoms with Gasteiger partial charge in [-0.1, -0.05) is 54.1 Å². The lowest BCUT2D eigenvalue weighted by molar-refractivity contribution is -0.114. The summed E-state index contributed by atoms with van der Waals surface area (Å²) in [6.07, 6.45) is 1.56. The molecule has 0 saturated carbocycles. The number of carbonyl (C=O) groups is 3. The molecule has 3 amide bonds. The van der Waals surface area contributed by atoms with Gasteiger partial charge in [-0.2, -0.15) is 0 Å². The smallest absolute Gasteiger partial charge is 0.272 e. The Labute approximate surface area is 259 Å². The predicted octanol–water partition coefficient (Wildman–Crippen LogP) is 6.81. The molecule has 0 fully saturated rings. The Balaban J connectivity index is 1.47. The van der Waals surface area contributed by atoms with Crippen LogP contribution in [0.3, 0.4) is 0 Å². The molecule has 0 aliphatic carbocycles. The number of para-hydroxylation sites is 1. The van der Waals surface area contributed by atoms with Gasteiger partial charge in [0.2, 0.25) is 5.91 Å². The maximum atomic E-state index is 13.4. The second kappa shape index (κ2) is 14.9. The average molecular weight is 616 g/mol. The van der Waals surface area contributed by atoms with Crippen LogP contribution in [0.25, 0.3) is 6.08 Å². The van der Waals surface area contributed by atoms with E-state index in [1.54, 1.807) is 78.9 Å². The van der Waals surface area contributed by atoms with E-state index in [1.807, 2.05) is 25.1 Å². The molecule has 3 N–H and O–H groups in total. The molecule has 4 rings (SSSR count). The number of nitrogens with one attached hydrogen (secondary N) is 3. The normalized spacial score (nSPS) is 10.9. The quantitative estimate of drug-likeness (QED) is 0.126. The zero-order valence-corrected chi connectivity index (χ0v) is 25.3. The molecule has 0 spiro atoms. The first-order chi connectivity index (χ1) is 20.8. The van der Waals surface area contributed by atoms with E-state index >= 15 is 0 Å². The summed E-state index contributed by atoms with van der Waals surface area (Å²) in [6, 6.07) is 26.3. The monoisotopic (exact) mass is 615 g/mol. The first-order valence-corrected chi connectivity index (χ1v) is 14.5. The van der Waals surface area contributed by atoms with Gasteiger partial charge >= 0.3 is 0 Å². The molecule has 8 nitrogen and oxygen atoms in total. The van der Waals surface area contributed by atoms with Gasteiger partial charge in [0, 0.05) is 32.8 Å². The number of methoxy groups -OCH3 is 2. The number of hydrogen-bond donors (Lipinski definition) is 3. The second-order valence-electron chi connectivity index (χ2n) is 9.24. The molecule has 43 heavy (non-hydrogen) atoms. The topological polar surface area (TPSA) is 106 Å². The number of anilines is 2. The van der Waals surface area contributed by atoms with Crippen molar-refractivity contribution in [3.05, 3.63) is 118 Å². The molecule has 0 aromatic heterocycles. The largest absolute Gasteiger partial charge is 0.496 e. The minimum Gasteiger partial charge on any atom is -0.496 e. The highest BCUT2D eigenvalue weighted by Gasteiger charge is 2.17. The first-order valence-electron chi connectivity index (χ1n) is 13.2. The lowest BCUT2D eigenvalue weighted by atomic mass is 10.1. The summed E-state index contributed by atoms with van der Waals surface area (Å²) in [6.45, 7) is 1.84. The third kappa shape index (κ3) is 8.64. The van der Waals surface area contributed by atoms with E-state index in [0.29, 0.717) is 39.0 Å². The van der Waals surface area contributed by atoms with Crippen LogP contribution in [0, 0.1) is 6.92 Å². The van der Waals surface area contributed by atoms with E-state index in [4.69, 9.17) is 21.1 Å².